The number of hydrogen-bond acceptors (Lipinski definition) is 3. The number of anilines is 2. The van der Waals surface area contributed by atoms with Gasteiger partial charge in [0.05, 0.1) is 0 Å². The molecule has 0 aliphatic carbocycles. The quantitative estimate of drug-likeness (QED) is 0.627. The molecule has 3 rings (SSSR count). The molecular weight excluding hydrogens is 364 g/mol. The minimum atomic E-state index is -0.648. The second kappa shape index (κ2) is 9.06. The highest BCUT2D eigenvalue weighted by Crippen LogP contribution is 2.18. The van der Waals surface area contributed by atoms with Crippen LogP contribution in [0, 0.1) is 13.8 Å². The van der Waals surface area contributed by atoms with Gasteiger partial charge in [-0.05, 0) is 68.8 Å². The molecule has 2 amide bonds. The molecule has 5 heteroatoms. The van der Waals surface area contributed by atoms with E-state index < -0.39 is 6.10 Å². The summed E-state index contributed by atoms with van der Waals surface area (Å²) >= 11 is 0. The van der Waals surface area contributed by atoms with Crippen molar-refractivity contribution in [2.75, 3.05) is 10.6 Å². The van der Waals surface area contributed by atoms with Crippen LogP contribution in [-0.2, 0) is 4.79 Å². The van der Waals surface area contributed by atoms with Crippen molar-refractivity contribution >= 4 is 23.2 Å². The molecule has 0 aromatic heterocycles. The first-order chi connectivity index (χ1) is 13.9. The van der Waals surface area contributed by atoms with E-state index in [1.165, 1.54) is 0 Å². The maximum absolute atomic E-state index is 12.5. The molecule has 2 N–H and O–H groups in total. The van der Waals surface area contributed by atoms with E-state index in [1.807, 2.05) is 50.2 Å². The van der Waals surface area contributed by atoms with Crippen LogP contribution >= 0.6 is 0 Å². The minimum Gasteiger partial charge on any atom is -0.481 e. The van der Waals surface area contributed by atoms with Gasteiger partial charge in [-0.2, -0.15) is 0 Å². The summed E-state index contributed by atoms with van der Waals surface area (Å²) in [5.41, 5.74) is 4.05. The van der Waals surface area contributed by atoms with Gasteiger partial charge in [-0.15, -0.1) is 0 Å². The third kappa shape index (κ3) is 5.45. The molecule has 0 aliphatic heterocycles. The summed E-state index contributed by atoms with van der Waals surface area (Å²) in [4.78, 5) is 24.8. The first-order valence-corrected chi connectivity index (χ1v) is 9.43. The molecule has 29 heavy (non-hydrogen) atoms. The van der Waals surface area contributed by atoms with Gasteiger partial charge in [-0.1, -0.05) is 35.9 Å². The van der Waals surface area contributed by atoms with Crippen LogP contribution in [0.1, 0.15) is 28.4 Å². The van der Waals surface area contributed by atoms with Gasteiger partial charge in [-0.25, -0.2) is 0 Å². The van der Waals surface area contributed by atoms with E-state index in [2.05, 4.69) is 10.6 Å². The number of amides is 2. The maximum atomic E-state index is 12.5. The number of carbonyl (C=O) groups is 2. The lowest BCUT2D eigenvalue weighted by Crippen LogP contribution is -2.30. The second-order valence-corrected chi connectivity index (χ2v) is 6.91. The topological polar surface area (TPSA) is 67.4 Å². The highest BCUT2D eigenvalue weighted by molar-refractivity contribution is 6.05. The van der Waals surface area contributed by atoms with Gasteiger partial charge in [0.15, 0.2) is 6.10 Å². The Bertz CT molecular complexity index is 998. The first-order valence-electron chi connectivity index (χ1n) is 9.43. The van der Waals surface area contributed by atoms with Crippen molar-refractivity contribution in [1.29, 1.82) is 0 Å². The van der Waals surface area contributed by atoms with Crippen LogP contribution in [0.2, 0.25) is 0 Å². The Morgan fingerprint density at radius 3 is 2.21 bits per heavy atom. The number of benzene rings is 3. The van der Waals surface area contributed by atoms with Gasteiger partial charge >= 0.3 is 0 Å². The molecule has 0 saturated carbocycles. The van der Waals surface area contributed by atoms with Gasteiger partial charge in [0.2, 0.25) is 0 Å². The van der Waals surface area contributed by atoms with Crippen LogP contribution < -0.4 is 15.4 Å². The third-order valence-electron chi connectivity index (χ3n) is 4.47. The number of carbonyl (C=O) groups excluding carboxylic acids is 2. The molecule has 148 valence electrons. The fourth-order valence-corrected chi connectivity index (χ4v) is 2.85. The summed E-state index contributed by atoms with van der Waals surface area (Å²) < 4.78 is 5.62. The lowest BCUT2D eigenvalue weighted by molar-refractivity contribution is -0.122. The van der Waals surface area contributed by atoms with Crippen molar-refractivity contribution in [3.63, 3.8) is 0 Å². The zero-order valence-electron chi connectivity index (χ0n) is 16.7. The normalized spacial score (nSPS) is 11.4. The van der Waals surface area contributed by atoms with E-state index in [0.717, 1.165) is 16.8 Å². The first kappa shape index (κ1) is 20.1. The SMILES string of the molecule is Cc1ccc(NC(=O)c2ccc(NC(=O)[C@H](C)Oc3ccccc3)cc2)c(C)c1. The van der Waals surface area contributed by atoms with E-state index in [4.69, 9.17) is 4.74 Å². The fraction of sp³-hybridized carbons (Fsp3) is 0.167. The van der Waals surface area contributed by atoms with Crippen LogP contribution in [0.5, 0.6) is 5.75 Å². The van der Waals surface area contributed by atoms with Gasteiger partial charge in [0.1, 0.15) is 5.75 Å². The Morgan fingerprint density at radius 1 is 0.862 bits per heavy atom. The van der Waals surface area contributed by atoms with Crippen molar-refractivity contribution in [3.8, 4) is 5.75 Å². The number of rotatable bonds is 6. The summed E-state index contributed by atoms with van der Waals surface area (Å²) in [6.07, 6.45) is -0.648. The summed E-state index contributed by atoms with van der Waals surface area (Å²) in [6, 6.07) is 21.8. The summed E-state index contributed by atoms with van der Waals surface area (Å²) in [6.45, 7) is 5.66. The van der Waals surface area contributed by atoms with E-state index >= 15 is 0 Å². The predicted molar refractivity (Wildman–Crippen MR) is 115 cm³/mol. The Balaban J connectivity index is 1.59. The molecule has 0 aliphatic rings. The van der Waals surface area contributed by atoms with Gasteiger partial charge in [-0.3, -0.25) is 9.59 Å². The Morgan fingerprint density at radius 2 is 1.55 bits per heavy atom. The van der Waals surface area contributed by atoms with Crippen LogP contribution in [0.3, 0.4) is 0 Å². The molecular formula is C24H24N2O3. The molecule has 0 fully saturated rings. The highest BCUT2D eigenvalue weighted by atomic mass is 16.5. The lowest BCUT2D eigenvalue weighted by Gasteiger charge is -2.15. The Labute approximate surface area is 170 Å². The highest BCUT2D eigenvalue weighted by Gasteiger charge is 2.15. The zero-order chi connectivity index (χ0) is 20.8. The van der Waals surface area contributed by atoms with Crippen molar-refractivity contribution in [2.24, 2.45) is 0 Å². The van der Waals surface area contributed by atoms with E-state index in [1.54, 1.807) is 43.3 Å². The van der Waals surface area contributed by atoms with Crippen molar-refractivity contribution < 1.29 is 14.3 Å². The van der Waals surface area contributed by atoms with E-state index in [-0.39, 0.29) is 11.8 Å². The van der Waals surface area contributed by atoms with Crippen LogP contribution in [0.15, 0.2) is 72.8 Å². The van der Waals surface area contributed by atoms with Crippen LogP contribution in [-0.4, -0.2) is 17.9 Å². The number of aryl methyl sites for hydroxylation is 2. The molecule has 0 bridgehead atoms. The molecule has 0 spiro atoms. The molecule has 0 radical (unpaired) electrons. The molecule has 0 saturated heterocycles. The Hall–Kier alpha value is -3.60. The number of hydrogen-bond donors (Lipinski definition) is 2. The van der Waals surface area contributed by atoms with Crippen molar-refractivity contribution in [3.05, 3.63) is 89.5 Å². The van der Waals surface area contributed by atoms with Gasteiger partial charge in [0.25, 0.3) is 11.8 Å². The van der Waals surface area contributed by atoms with Crippen LogP contribution in [0.25, 0.3) is 0 Å². The smallest absolute Gasteiger partial charge is 0.265 e. The standard InChI is InChI=1S/C24H24N2O3/c1-16-9-14-22(17(2)15-16)26-24(28)19-10-12-20(13-11-19)25-23(27)18(3)29-21-7-5-4-6-8-21/h4-15,18H,1-3H3,(H,25,27)(H,26,28)/t18-/m0/s1. The Kier molecular flexibility index (Phi) is 6.29. The lowest BCUT2D eigenvalue weighted by atomic mass is 10.1. The number of para-hydroxylation sites is 1. The zero-order valence-corrected chi connectivity index (χ0v) is 16.7. The van der Waals surface area contributed by atoms with Gasteiger partial charge < -0.3 is 15.4 Å². The maximum Gasteiger partial charge on any atom is 0.265 e. The molecule has 5 nitrogen and oxygen atoms in total. The number of ether oxygens (including phenoxy) is 1. The largest absolute Gasteiger partial charge is 0.481 e. The average Bonchev–Trinajstić information content (AvgIpc) is 2.71. The second-order valence-electron chi connectivity index (χ2n) is 6.91. The fourth-order valence-electron chi connectivity index (χ4n) is 2.85. The van der Waals surface area contributed by atoms with Crippen LogP contribution in [0.4, 0.5) is 11.4 Å². The summed E-state index contributed by atoms with van der Waals surface area (Å²) in [5, 5.41) is 5.71. The minimum absolute atomic E-state index is 0.199. The van der Waals surface area contributed by atoms with E-state index in [0.29, 0.717) is 17.0 Å². The molecule has 3 aromatic rings. The van der Waals surface area contributed by atoms with Crippen molar-refractivity contribution in [1.82, 2.24) is 0 Å². The van der Waals surface area contributed by atoms with Crippen molar-refractivity contribution in [2.45, 2.75) is 26.9 Å². The van der Waals surface area contributed by atoms with Gasteiger partial charge in [0, 0.05) is 16.9 Å². The van der Waals surface area contributed by atoms with E-state index in [9.17, 15) is 9.59 Å². The third-order valence-corrected chi connectivity index (χ3v) is 4.47. The molecule has 0 unspecified atom stereocenters. The summed E-state index contributed by atoms with van der Waals surface area (Å²) in [7, 11) is 0. The molecule has 0 heterocycles. The monoisotopic (exact) mass is 388 g/mol. The number of nitrogens with one attached hydrogen (secondary N) is 2. The predicted octanol–water partition coefficient (Wildman–Crippen LogP) is 4.96. The summed E-state index contributed by atoms with van der Waals surface area (Å²) in [5.74, 6) is 0.172. The average molecular weight is 388 g/mol. The molecule has 3 aromatic carbocycles. The molecule has 1 atom stereocenters.